The average molecular weight is 534 g/mol. The first-order chi connectivity index (χ1) is 13.8. The fourth-order valence-corrected chi connectivity index (χ4v) is 2.06. The Morgan fingerprint density at radius 3 is 1.76 bits per heavy atom. The first-order valence-electron chi connectivity index (χ1n) is 8.89. The number of aliphatic hydroxyl groups excluding tert-OH is 2. The van der Waals surface area contributed by atoms with Crippen molar-refractivity contribution in [3.8, 4) is 36.0 Å². The summed E-state index contributed by atoms with van der Waals surface area (Å²) in [6.45, 7) is 7.59. The lowest BCUT2D eigenvalue weighted by molar-refractivity contribution is 0.350. The third-order valence-corrected chi connectivity index (χ3v) is 3.65. The Hall–Kier alpha value is -1.54. The van der Waals surface area contributed by atoms with Crippen LogP contribution >= 0.6 is 22.6 Å². The van der Waals surface area contributed by atoms with E-state index in [1.165, 1.54) is 16.6 Å². The number of hydrogen-bond donors (Lipinski definition) is 2. The number of aliphatic hydroxyl groups is 2. The van der Waals surface area contributed by atoms with E-state index in [1.54, 1.807) is 12.1 Å². The summed E-state index contributed by atoms with van der Waals surface area (Å²) in [4.78, 5) is 0.163. The van der Waals surface area contributed by atoms with E-state index in [4.69, 9.17) is 14.4 Å². The van der Waals surface area contributed by atoms with Gasteiger partial charge in [0.05, 0.1) is 4.90 Å². The van der Waals surface area contributed by atoms with Crippen LogP contribution in [0.2, 0.25) is 0 Å². The average Bonchev–Trinajstić information content (AvgIpc) is 2.71. The molecule has 0 saturated carbocycles. The van der Waals surface area contributed by atoms with Crippen molar-refractivity contribution in [3.05, 3.63) is 29.8 Å². The molecule has 7 heteroatoms. The number of rotatable bonds is 3. The van der Waals surface area contributed by atoms with E-state index in [-0.39, 0.29) is 24.7 Å². The van der Waals surface area contributed by atoms with Gasteiger partial charge in [-0.25, -0.2) is 0 Å². The summed E-state index contributed by atoms with van der Waals surface area (Å²) >= 11 is 2.29. The quantitative estimate of drug-likeness (QED) is 0.268. The van der Waals surface area contributed by atoms with Crippen LogP contribution in [-0.2, 0) is 14.3 Å². The summed E-state index contributed by atoms with van der Waals surface area (Å²) in [6, 6.07) is 6.51. The first-order valence-corrected chi connectivity index (χ1v) is 11.8. The van der Waals surface area contributed by atoms with Crippen LogP contribution in [0, 0.1) is 42.9 Å². The third-order valence-electron chi connectivity index (χ3n) is 2.37. The molecule has 2 N–H and O–H groups in total. The van der Waals surface area contributed by atoms with E-state index >= 15 is 0 Å². The van der Waals surface area contributed by atoms with Gasteiger partial charge in [0.25, 0.3) is 10.1 Å². The predicted octanol–water partition coefficient (Wildman–Crippen LogP) is 3.56. The van der Waals surface area contributed by atoms with Gasteiger partial charge in [0.15, 0.2) is 0 Å². The van der Waals surface area contributed by atoms with Crippen molar-refractivity contribution in [1.82, 2.24) is 0 Å². The Balaban J connectivity index is -0.000000428. The SMILES string of the molecule is C#CCO.CCC#CCO.CCC#CCOS(=O)(=O)c1ccc(C)cc1.CCI. The van der Waals surface area contributed by atoms with Crippen LogP contribution in [0.25, 0.3) is 0 Å². The van der Waals surface area contributed by atoms with Gasteiger partial charge in [-0.1, -0.05) is 78.8 Å². The highest BCUT2D eigenvalue weighted by Crippen LogP contribution is 2.12. The van der Waals surface area contributed by atoms with Crippen LogP contribution in [0.5, 0.6) is 0 Å². The summed E-state index contributed by atoms with van der Waals surface area (Å²) < 4.78 is 29.2. The molecule has 0 aliphatic heterocycles. The molecular formula is C22H31IO5S. The molecule has 0 spiro atoms. The molecule has 0 unspecified atom stereocenters. The van der Waals surface area contributed by atoms with Gasteiger partial charge in [-0.3, -0.25) is 4.18 Å². The number of aryl methyl sites for hydroxylation is 1. The lowest BCUT2D eigenvalue weighted by Gasteiger charge is -2.02. The van der Waals surface area contributed by atoms with Crippen molar-refractivity contribution in [1.29, 1.82) is 0 Å². The second-order valence-electron chi connectivity index (χ2n) is 4.73. The van der Waals surface area contributed by atoms with Crippen LogP contribution in [0.1, 0.15) is 39.2 Å². The minimum absolute atomic E-state index is 0.00611. The van der Waals surface area contributed by atoms with E-state index in [0.717, 1.165) is 12.0 Å². The summed E-state index contributed by atoms with van der Waals surface area (Å²) in [5.74, 6) is 12.6. The summed E-state index contributed by atoms with van der Waals surface area (Å²) in [5.41, 5.74) is 1.00. The third kappa shape index (κ3) is 24.4. The van der Waals surface area contributed by atoms with E-state index in [9.17, 15) is 8.42 Å². The molecule has 1 aromatic carbocycles. The molecule has 1 rings (SSSR count). The van der Waals surface area contributed by atoms with Crippen LogP contribution < -0.4 is 0 Å². The topological polar surface area (TPSA) is 83.8 Å². The molecule has 5 nitrogen and oxygen atoms in total. The zero-order valence-corrected chi connectivity index (χ0v) is 20.5. The number of alkyl halides is 1. The second kappa shape index (κ2) is 24.5. The second-order valence-corrected chi connectivity index (χ2v) is 7.87. The number of hydrogen-bond acceptors (Lipinski definition) is 5. The highest BCUT2D eigenvalue weighted by Gasteiger charge is 2.13. The monoisotopic (exact) mass is 534 g/mol. The highest BCUT2D eigenvalue weighted by molar-refractivity contribution is 14.1. The molecule has 0 amide bonds. The standard InChI is InChI=1S/C12H14O3S.C5H8O.C3H4O.C2H5I/c1-3-4-5-10-15-16(13,14)12-8-6-11(2)7-9-12;1-2-3-4-5-6;1-2-3-4;1-2-3/h6-9H,3,10H2,1-2H3;6H,2,5H2,1H3;1,4H,3H2;2H2,1H3. The Kier molecular flexibility index (Phi) is 27.1. The summed E-state index contributed by atoms with van der Waals surface area (Å²) in [6.07, 6.45) is 6.05. The molecule has 0 radical (unpaired) electrons. The van der Waals surface area contributed by atoms with Gasteiger partial charge in [-0.15, -0.1) is 18.3 Å². The van der Waals surface area contributed by atoms with Crippen molar-refractivity contribution in [2.75, 3.05) is 24.2 Å². The van der Waals surface area contributed by atoms with Gasteiger partial charge in [0.2, 0.25) is 0 Å². The molecular weight excluding hydrogens is 503 g/mol. The van der Waals surface area contributed by atoms with Crippen LogP contribution in [0.3, 0.4) is 0 Å². The predicted molar refractivity (Wildman–Crippen MR) is 128 cm³/mol. The summed E-state index contributed by atoms with van der Waals surface area (Å²) in [5, 5.41) is 15.7. The van der Waals surface area contributed by atoms with E-state index < -0.39 is 10.1 Å². The Labute approximate surface area is 190 Å². The smallest absolute Gasteiger partial charge is 0.297 e. The lowest BCUT2D eigenvalue weighted by Crippen LogP contribution is -2.06. The number of halogens is 1. The van der Waals surface area contributed by atoms with Crippen molar-refractivity contribution in [3.63, 3.8) is 0 Å². The number of benzene rings is 1. The first kappa shape index (κ1) is 32.1. The molecule has 0 fully saturated rings. The van der Waals surface area contributed by atoms with Gasteiger partial charge in [0.1, 0.15) is 19.8 Å². The fourth-order valence-electron chi connectivity index (χ4n) is 1.24. The molecule has 0 aliphatic rings. The molecule has 0 heterocycles. The molecule has 162 valence electrons. The number of terminal acetylenes is 1. The van der Waals surface area contributed by atoms with Crippen molar-refractivity contribution < 1.29 is 22.8 Å². The zero-order chi connectivity index (χ0) is 23.0. The maximum atomic E-state index is 11.6. The molecule has 0 bridgehead atoms. The molecule has 0 atom stereocenters. The Morgan fingerprint density at radius 1 is 0.966 bits per heavy atom. The van der Waals surface area contributed by atoms with Crippen molar-refractivity contribution >= 4 is 32.7 Å². The molecule has 1 aromatic rings. The van der Waals surface area contributed by atoms with Crippen LogP contribution in [0.15, 0.2) is 29.2 Å². The molecule has 0 aliphatic carbocycles. The van der Waals surface area contributed by atoms with E-state index in [1.807, 2.05) is 26.7 Å². The summed E-state index contributed by atoms with van der Waals surface area (Å²) in [7, 11) is -3.66. The molecule has 0 saturated heterocycles. The largest absolute Gasteiger partial charge is 0.384 e. The van der Waals surface area contributed by atoms with E-state index in [2.05, 4.69) is 59.6 Å². The zero-order valence-electron chi connectivity index (χ0n) is 17.5. The molecule has 0 aromatic heterocycles. The van der Waals surface area contributed by atoms with Gasteiger partial charge in [-0.2, -0.15) is 8.42 Å². The fraction of sp³-hybridized carbons (Fsp3) is 0.455. The molecule has 29 heavy (non-hydrogen) atoms. The van der Waals surface area contributed by atoms with Crippen molar-refractivity contribution in [2.45, 2.75) is 45.4 Å². The van der Waals surface area contributed by atoms with Crippen molar-refractivity contribution in [2.24, 2.45) is 0 Å². The minimum Gasteiger partial charge on any atom is -0.384 e. The Morgan fingerprint density at radius 2 is 1.41 bits per heavy atom. The Bertz CT molecular complexity index is 750. The van der Waals surface area contributed by atoms with Gasteiger partial charge in [0, 0.05) is 12.8 Å². The van der Waals surface area contributed by atoms with Crippen LogP contribution in [-0.4, -0.2) is 42.9 Å². The van der Waals surface area contributed by atoms with Gasteiger partial charge in [-0.05, 0) is 23.5 Å². The van der Waals surface area contributed by atoms with Gasteiger partial charge >= 0.3 is 0 Å². The normalized spacial score (nSPS) is 8.48. The minimum atomic E-state index is -3.66. The maximum absolute atomic E-state index is 11.6. The van der Waals surface area contributed by atoms with Gasteiger partial charge < -0.3 is 10.2 Å². The van der Waals surface area contributed by atoms with E-state index in [0.29, 0.717) is 6.42 Å². The van der Waals surface area contributed by atoms with Crippen LogP contribution in [0.4, 0.5) is 0 Å². The highest BCUT2D eigenvalue weighted by atomic mass is 127. The maximum Gasteiger partial charge on any atom is 0.297 e. The lowest BCUT2D eigenvalue weighted by atomic mass is 10.2.